The second kappa shape index (κ2) is 5.40. The van der Waals surface area contributed by atoms with Gasteiger partial charge in [-0.25, -0.2) is 8.42 Å². The number of carbonyl (C=O) groups excluding carboxylic acids is 1. The number of carbonyl (C=O) groups is 1. The molecular weight excluding hydrogens is 318 g/mol. The highest BCUT2D eigenvalue weighted by molar-refractivity contribution is 8.02. The number of amides is 1. The molecule has 0 aromatic rings. The zero-order chi connectivity index (χ0) is 15.4. The largest absolute Gasteiger partial charge is 0.350 e. The zero-order valence-corrected chi connectivity index (χ0v) is 14.6. The summed E-state index contributed by atoms with van der Waals surface area (Å²) in [5.41, 5.74) is 0.0775. The summed E-state index contributed by atoms with van der Waals surface area (Å²) < 4.78 is 22.9. The fraction of sp³-hybridized carbons (Fsp3) is 0.938. The summed E-state index contributed by atoms with van der Waals surface area (Å²) in [6.07, 6.45) is 8.36. The molecule has 4 saturated carbocycles. The van der Waals surface area contributed by atoms with Crippen LogP contribution >= 0.6 is 11.8 Å². The molecule has 1 unspecified atom stereocenters. The van der Waals surface area contributed by atoms with E-state index in [9.17, 15) is 13.2 Å². The minimum atomic E-state index is -2.84. The van der Waals surface area contributed by atoms with Crippen molar-refractivity contribution in [3.63, 3.8) is 0 Å². The second-order valence-electron chi connectivity index (χ2n) is 8.08. The molecule has 1 aliphatic heterocycles. The van der Waals surface area contributed by atoms with Crippen molar-refractivity contribution >= 4 is 27.5 Å². The highest BCUT2D eigenvalue weighted by atomic mass is 32.2. The summed E-state index contributed by atoms with van der Waals surface area (Å²) in [7, 11) is -2.84. The van der Waals surface area contributed by atoms with Gasteiger partial charge in [0.2, 0.25) is 5.91 Å². The monoisotopic (exact) mass is 343 g/mol. The van der Waals surface area contributed by atoms with Crippen LogP contribution in [-0.4, -0.2) is 42.4 Å². The maximum Gasteiger partial charge on any atom is 0.230 e. The van der Waals surface area contributed by atoms with Crippen molar-refractivity contribution in [2.24, 2.45) is 17.8 Å². The Kier molecular flexibility index (Phi) is 3.76. The van der Waals surface area contributed by atoms with Crippen LogP contribution in [0.5, 0.6) is 0 Å². The summed E-state index contributed by atoms with van der Waals surface area (Å²) >= 11 is 1.53. The molecule has 5 rings (SSSR count). The molecule has 1 N–H and O–H groups in total. The maximum atomic E-state index is 12.4. The lowest BCUT2D eigenvalue weighted by molar-refractivity contribution is -0.124. The van der Waals surface area contributed by atoms with Gasteiger partial charge >= 0.3 is 0 Å². The van der Waals surface area contributed by atoms with Crippen molar-refractivity contribution in [3.8, 4) is 0 Å². The number of rotatable bonds is 4. The van der Waals surface area contributed by atoms with Gasteiger partial charge in [-0.15, -0.1) is 11.8 Å². The molecule has 0 aromatic carbocycles. The van der Waals surface area contributed by atoms with E-state index in [4.69, 9.17) is 0 Å². The lowest BCUT2D eigenvalue weighted by Gasteiger charge is -2.56. The summed E-state index contributed by atoms with van der Waals surface area (Å²) in [6, 6.07) is 0. The van der Waals surface area contributed by atoms with Gasteiger partial charge in [0.05, 0.1) is 17.3 Å². The molecule has 0 spiro atoms. The summed E-state index contributed by atoms with van der Waals surface area (Å²) in [6.45, 7) is 0. The minimum absolute atomic E-state index is 0.0775. The Balaban J connectivity index is 1.31. The predicted octanol–water partition coefficient (Wildman–Crippen LogP) is 1.99. The fourth-order valence-corrected chi connectivity index (χ4v) is 9.12. The van der Waals surface area contributed by atoms with E-state index >= 15 is 0 Å². The smallest absolute Gasteiger partial charge is 0.230 e. The Labute approximate surface area is 137 Å². The Morgan fingerprint density at radius 3 is 2.18 bits per heavy atom. The topological polar surface area (TPSA) is 63.2 Å². The Hall–Kier alpha value is -0.230. The van der Waals surface area contributed by atoms with Gasteiger partial charge in [-0.3, -0.25) is 4.79 Å². The highest BCUT2D eigenvalue weighted by Crippen LogP contribution is 2.55. The maximum absolute atomic E-state index is 12.4. The van der Waals surface area contributed by atoms with Crippen LogP contribution in [0, 0.1) is 17.8 Å². The Bertz CT molecular complexity index is 537. The van der Waals surface area contributed by atoms with Gasteiger partial charge < -0.3 is 5.32 Å². The van der Waals surface area contributed by atoms with Crippen LogP contribution in [0.4, 0.5) is 0 Å². The van der Waals surface area contributed by atoms with Gasteiger partial charge in [-0.1, -0.05) is 0 Å². The molecular formula is C16H25NO3S2. The summed E-state index contributed by atoms with van der Waals surface area (Å²) in [5, 5.41) is 3.48. The third-order valence-corrected chi connectivity index (χ3v) is 9.37. The molecule has 4 bridgehead atoms. The first-order valence-corrected chi connectivity index (χ1v) is 11.4. The molecule has 1 heterocycles. The van der Waals surface area contributed by atoms with E-state index in [2.05, 4.69) is 5.32 Å². The van der Waals surface area contributed by atoms with Crippen LogP contribution in [-0.2, 0) is 14.6 Å². The molecule has 0 radical (unpaired) electrons. The lowest BCUT2D eigenvalue weighted by Crippen LogP contribution is -2.60. The van der Waals surface area contributed by atoms with Crippen LogP contribution in [0.25, 0.3) is 0 Å². The van der Waals surface area contributed by atoms with Crippen LogP contribution in [0.15, 0.2) is 0 Å². The van der Waals surface area contributed by atoms with Crippen molar-refractivity contribution in [1.29, 1.82) is 0 Å². The first kappa shape index (κ1) is 15.3. The second-order valence-corrected chi connectivity index (χ2v) is 11.6. The molecule has 1 saturated heterocycles. The van der Waals surface area contributed by atoms with Gasteiger partial charge in [0.25, 0.3) is 0 Å². The summed E-state index contributed by atoms with van der Waals surface area (Å²) in [4.78, 5) is 12.4. The average Bonchev–Trinajstić information content (AvgIpc) is 2.74. The first-order chi connectivity index (χ1) is 10.4. The lowest BCUT2D eigenvalue weighted by atomic mass is 9.53. The van der Waals surface area contributed by atoms with Crippen LogP contribution in [0.3, 0.4) is 0 Å². The molecule has 4 nitrogen and oxygen atoms in total. The minimum Gasteiger partial charge on any atom is -0.350 e. The molecule has 22 heavy (non-hydrogen) atoms. The third-order valence-electron chi connectivity index (χ3n) is 6.08. The number of sulfone groups is 1. The predicted molar refractivity (Wildman–Crippen MR) is 88.6 cm³/mol. The van der Waals surface area contributed by atoms with E-state index in [-0.39, 0.29) is 22.4 Å². The third kappa shape index (κ3) is 3.05. The van der Waals surface area contributed by atoms with Crippen molar-refractivity contribution in [1.82, 2.24) is 5.32 Å². The average molecular weight is 344 g/mol. The fourth-order valence-electron chi connectivity index (χ4n) is 5.68. The summed E-state index contributed by atoms with van der Waals surface area (Å²) in [5.74, 6) is 3.58. The van der Waals surface area contributed by atoms with E-state index in [1.165, 1.54) is 50.3 Å². The van der Waals surface area contributed by atoms with Gasteiger partial charge in [0, 0.05) is 10.8 Å². The van der Waals surface area contributed by atoms with Crippen LogP contribution < -0.4 is 5.32 Å². The van der Waals surface area contributed by atoms with Crippen LogP contribution in [0.2, 0.25) is 0 Å². The van der Waals surface area contributed by atoms with Gasteiger partial charge in [-0.05, 0) is 62.7 Å². The van der Waals surface area contributed by atoms with Gasteiger partial charge in [0.1, 0.15) is 0 Å². The molecule has 1 atom stereocenters. The SMILES string of the molecule is O=C(CSC1CCS(=O)(=O)C1)NC12CC3CC(CC(C3)C1)C2. The molecule has 5 aliphatic rings. The zero-order valence-electron chi connectivity index (χ0n) is 12.9. The van der Waals surface area contributed by atoms with E-state index in [1.54, 1.807) is 0 Å². The van der Waals surface area contributed by atoms with E-state index in [0.29, 0.717) is 17.9 Å². The van der Waals surface area contributed by atoms with Gasteiger partial charge in [0.15, 0.2) is 9.84 Å². The number of thioether (sulfide) groups is 1. The molecule has 1 amide bonds. The molecule has 6 heteroatoms. The first-order valence-electron chi connectivity index (χ1n) is 8.54. The standard InChI is InChI=1S/C16H25NO3S2/c18-15(9-21-14-1-2-22(19,20)10-14)17-16-6-11-3-12(7-16)5-13(4-11)8-16/h11-14H,1-10H2,(H,17,18). The number of hydrogen-bond acceptors (Lipinski definition) is 4. The van der Waals surface area contributed by atoms with E-state index in [1.807, 2.05) is 0 Å². The van der Waals surface area contributed by atoms with Crippen LogP contribution in [0.1, 0.15) is 44.9 Å². The van der Waals surface area contributed by atoms with E-state index in [0.717, 1.165) is 17.8 Å². The Morgan fingerprint density at radius 1 is 1.09 bits per heavy atom. The van der Waals surface area contributed by atoms with E-state index < -0.39 is 9.84 Å². The van der Waals surface area contributed by atoms with Crippen molar-refractivity contribution in [2.45, 2.75) is 55.7 Å². The highest BCUT2D eigenvalue weighted by Gasteiger charge is 2.51. The van der Waals surface area contributed by atoms with Crippen molar-refractivity contribution < 1.29 is 13.2 Å². The molecule has 0 aromatic heterocycles. The normalized spacial score (nSPS) is 45.1. The number of nitrogens with one attached hydrogen (secondary N) is 1. The molecule has 5 fully saturated rings. The Morgan fingerprint density at radius 2 is 1.68 bits per heavy atom. The molecule has 4 aliphatic carbocycles. The van der Waals surface area contributed by atoms with Crippen molar-refractivity contribution in [3.05, 3.63) is 0 Å². The quantitative estimate of drug-likeness (QED) is 0.848. The molecule has 124 valence electrons. The van der Waals surface area contributed by atoms with Crippen molar-refractivity contribution in [2.75, 3.05) is 17.3 Å². The number of hydrogen-bond donors (Lipinski definition) is 1. The van der Waals surface area contributed by atoms with Gasteiger partial charge in [-0.2, -0.15) is 0 Å².